The maximum atomic E-state index is 12.5. The van der Waals surface area contributed by atoms with Crippen molar-refractivity contribution in [2.75, 3.05) is 13.1 Å². The van der Waals surface area contributed by atoms with Crippen molar-refractivity contribution in [1.29, 1.82) is 0 Å². The number of piperidine rings is 1. The number of tetrazole rings is 1. The zero-order chi connectivity index (χ0) is 16.4. The molecular weight excluding hydrogens is 304 g/mol. The molecule has 7 nitrogen and oxygen atoms in total. The summed E-state index contributed by atoms with van der Waals surface area (Å²) in [6.45, 7) is 2.79. The molecule has 2 aliphatic heterocycles. The lowest BCUT2D eigenvalue weighted by molar-refractivity contribution is 0.0926. The van der Waals surface area contributed by atoms with Gasteiger partial charge in [-0.05, 0) is 66.4 Å². The molecule has 1 fully saturated rings. The van der Waals surface area contributed by atoms with Crippen LogP contribution in [0, 0.1) is 0 Å². The van der Waals surface area contributed by atoms with Crippen molar-refractivity contribution in [3.05, 3.63) is 41.2 Å². The van der Waals surface area contributed by atoms with E-state index in [0.29, 0.717) is 12.5 Å². The molecule has 1 atom stereocenters. The zero-order valence-corrected chi connectivity index (χ0v) is 13.6. The van der Waals surface area contributed by atoms with Crippen molar-refractivity contribution in [2.24, 2.45) is 0 Å². The first-order valence-electron chi connectivity index (χ1n) is 8.66. The van der Waals surface area contributed by atoms with Crippen molar-refractivity contribution < 1.29 is 4.79 Å². The summed E-state index contributed by atoms with van der Waals surface area (Å²) in [5.41, 5.74) is 2.05. The van der Waals surface area contributed by atoms with Crippen LogP contribution in [0.2, 0.25) is 0 Å². The lowest BCUT2D eigenvalue weighted by atomic mass is 9.90. The number of fused-ring (bicyclic) bond motifs is 1. The van der Waals surface area contributed by atoms with Crippen LogP contribution in [0.15, 0.2) is 24.3 Å². The van der Waals surface area contributed by atoms with E-state index < -0.39 is 0 Å². The highest BCUT2D eigenvalue weighted by molar-refractivity contribution is 5.94. The van der Waals surface area contributed by atoms with Gasteiger partial charge in [-0.3, -0.25) is 4.79 Å². The van der Waals surface area contributed by atoms with E-state index in [1.807, 2.05) is 12.1 Å². The van der Waals surface area contributed by atoms with Gasteiger partial charge in [0.1, 0.15) is 0 Å². The number of carbonyl (C=O) groups excluding carboxylic acids is 1. The summed E-state index contributed by atoms with van der Waals surface area (Å²) in [6.07, 6.45) is 4.01. The Bertz CT molecular complexity index is 704. The molecule has 2 aromatic rings. The average molecular weight is 326 g/mol. The molecule has 0 aliphatic carbocycles. The molecule has 7 heteroatoms. The fourth-order valence-corrected chi connectivity index (χ4v) is 3.60. The maximum Gasteiger partial charge on any atom is 0.251 e. The van der Waals surface area contributed by atoms with Crippen molar-refractivity contribution in [3.8, 4) is 0 Å². The summed E-state index contributed by atoms with van der Waals surface area (Å²) < 4.78 is 1.77. The lowest BCUT2D eigenvalue weighted by Crippen LogP contribution is -2.41. The number of aryl methyl sites for hydroxylation is 1. The number of hydrogen-bond acceptors (Lipinski definition) is 5. The fraction of sp³-hybridized carbons (Fsp3) is 0.529. The van der Waals surface area contributed by atoms with Crippen LogP contribution in [0.25, 0.3) is 0 Å². The Kier molecular flexibility index (Phi) is 4.25. The first-order chi connectivity index (χ1) is 11.8. The third-order valence-corrected chi connectivity index (χ3v) is 5.03. The Labute approximate surface area is 140 Å². The number of hydrogen-bond donors (Lipinski definition) is 2. The number of nitrogens with one attached hydrogen (secondary N) is 2. The molecule has 0 bridgehead atoms. The molecule has 2 aliphatic rings. The van der Waals surface area contributed by atoms with Gasteiger partial charge < -0.3 is 10.6 Å². The van der Waals surface area contributed by atoms with Crippen LogP contribution in [0.5, 0.6) is 0 Å². The molecular formula is C17H22N6O. The highest BCUT2D eigenvalue weighted by Crippen LogP contribution is 2.25. The number of amides is 1. The van der Waals surface area contributed by atoms with Gasteiger partial charge in [0.2, 0.25) is 0 Å². The fourth-order valence-electron chi connectivity index (χ4n) is 3.60. The minimum atomic E-state index is -0.0200. The first kappa shape index (κ1) is 15.3. The molecule has 1 amide bonds. The van der Waals surface area contributed by atoms with Crippen LogP contribution < -0.4 is 10.6 Å². The summed E-state index contributed by atoms with van der Waals surface area (Å²) >= 11 is 0. The summed E-state index contributed by atoms with van der Waals surface area (Å²) in [7, 11) is 0. The minimum absolute atomic E-state index is 0.0200. The quantitative estimate of drug-likeness (QED) is 0.875. The van der Waals surface area contributed by atoms with Gasteiger partial charge in [-0.15, -0.1) is 5.10 Å². The molecule has 1 aromatic carbocycles. The number of rotatable bonds is 3. The molecule has 1 aromatic heterocycles. The number of benzene rings is 1. The van der Waals surface area contributed by atoms with Crippen molar-refractivity contribution >= 4 is 5.91 Å². The number of carbonyl (C=O) groups is 1. The van der Waals surface area contributed by atoms with Gasteiger partial charge in [0, 0.05) is 18.0 Å². The third-order valence-electron chi connectivity index (χ3n) is 5.03. The summed E-state index contributed by atoms with van der Waals surface area (Å²) in [4.78, 5) is 12.5. The molecule has 1 unspecified atom stereocenters. The van der Waals surface area contributed by atoms with E-state index in [-0.39, 0.29) is 11.9 Å². The second kappa shape index (κ2) is 6.68. The second-order valence-electron chi connectivity index (χ2n) is 6.63. The van der Waals surface area contributed by atoms with E-state index in [1.54, 1.807) is 4.68 Å². The standard InChI is InChI=1S/C17H22N6O/c24-17(19-15-5-6-16-20-21-22-23(16)11-15)14-3-1-12(2-4-14)13-7-9-18-10-8-13/h1-4,13,15,18H,5-11H2,(H,19,24). The smallest absolute Gasteiger partial charge is 0.251 e. The maximum absolute atomic E-state index is 12.5. The summed E-state index contributed by atoms with van der Waals surface area (Å²) in [6, 6.07) is 8.17. The molecule has 24 heavy (non-hydrogen) atoms. The molecule has 2 N–H and O–H groups in total. The monoisotopic (exact) mass is 326 g/mol. The van der Waals surface area contributed by atoms with Gasteiger partial charge in [-0.25, -0.2) is 4.68 Å². The van der Waals surface area contributed by atoms with Gasteiger partial charge >= 0.3 is 0 Å². The van der Waals surface area contributed by atoms with Gasteiger partial charge in [-0.2, -0.15) is 0 Å². The largest absolute Gasteiger partial charge is 0.347 e. The predicted molar refractivity (Wildman–Crippen MR) is 88.7 cm³/mol. The van der Waals surface area contributed by atoms with Crippen LogP contribution in [0.1, 0.15) is 46.9 Å². The van der Waals surface area contributed by atoms with E-state index in [0.717, 1.165) is 37.3 Å². The van der Waals surface area contributed by atoms with Crippen LogP contribution in [0.4, 0.5) is 0 Å². The highest BCUT2D eigenvalue weighted by atomic mass is 16.1. The molecule has 3 heterocycles. The van der Waals surface area contributed by atoms with Crippen LogP contribution in [0.3, 0.4) is 0 Å². The first-order valence-corrected chi connectivity index (χ1v) is 8.66. The van der Waals surface area contributed by atoms with Crippen LogP contribution >= 0.6 is 0 Å². The van der Waals surface area contributed by atoms with E-state index in [4.69, 9.17) is 0 Å². The van der Waals surface area contributed by atoms with Crippen LogP contribution in [-0.4, -0.2) is 45.2 Å². The van der Waals surface area contributed by atoms with Gasteiger partial charge in [0.05, 0.1) is 6.54 Å². The van der Waals surface area contributed by atoms with E-state index in [9.17, 15) is 4.79 Å². The second-order valence-corrected chi connectivity index (χ2v) is 6.63. The number of nitrogens with zero attached hydrogens (tertiary/aromatic N) is 4. The molecule has 126 valence electrons. The van der Waals surface area contributed by atoms with E-state index >= 15 is 0 Å². The Morgan fingerprint density at radius 3 is 2.75 bits per heavy atom. The van der Waals surface area contributed by atoms with Gasteiger partial charge in [0.15, 0.2) is 5.82 Å². The molecule has 0 spiro atoms. The summed E-state index contributed by atoms with van der Waals surface area (Å²) in [5, 5.41) is 18.1. The lowest BCUT2D eigenvalue weighted by Gasteiger charge is -2.24. The minimum Gasteiger partial charge on any atom is -0.347 e. The Morgan fingerprint density at radius 1 is 1.17 bits per heavy atom. The van der Waals surface area contributed by atoms with E-state index in [1.165, 1.54) is 18.4 Å². The Balaban J connectivity index is 1.38. The third kappa shape index (κ3) is 3.17. The normalized spacial score (nSPS) is 21.2. The van der Waals surface area contributed by atoms with Crippen molar-refractivity contribution in [1.82, 2.24) is 30.8 Å². The van der Waals surface area contributed by atoms with E-state index in [2.05, 4.69) is 38.3 Å². The topological polar surface area (TPSA) is 84.7 Å². The highest BCUT2D eigenvalue weighted by Gasteiger charge is 2.22. The average Bonchev–Trinajstić information content (AvgIpc) is 3.10. The predicted octanol–water partition coefficient (Wildman–Crippen LogP) is 0.885. The number of aromatic nitrogens is 4. The van der Waals surface area contributed by atoms with Gasteiger partial charge in [-0.1, -0.05) is 12.1 Å². The molecule has 0 radical (unpaired) electrons. The zero-order valence-electron chi connectivity index (χ0n) is 13.6. The SMILES string of the molecule is O=C(NC1CCc2nnnn2C1)c1ccc(C2CCNCC2)cc1. The molecule has 4 rings (SSSR count). The van der Waals surface area contributed by atoms with Crippen molar-refractivity contribution in [2.45, 2.75) is 44.2 Å². The van der Waals surface area contributed by atoms with Crippen molar-refractivity contribution in [3.63, 3.8) is 0 Å². The van der Waals surface area contributed by atoms with Crippen LogP contribution in [-0.2, 0) is 13.0 Å². The molecule has 0 saturated carbocycles. The Hall–Kier alpha value is -2.28. The molecule has 1 saturated heterocycles. The Morgan fingerprint density at radius 2 is 1.96 bits per heavy atom. The summed E-state index contributed by atoms with van der Waals surface area (Å²) in [5.74, 6) is 1.49. The van der Waals surface area contributed by atoms with Gasteiger partial charge in [0.25, 0.3) is 5.91 Å².